The van der Waals surface area contributed by atoms with Crippen LogP contribution in [0.25, 0.3) is 0 Å². The van der Waals surface area contributed by atoms with Crippen molar-refractivity contribution in [3.8, 4) is 0 Å². The van der Waals surface area contributed by atoms with E-state index >= 15 is 0 Å². The van der Waals surface area contributed by atoms with Gasteiger partial charge in [-0.05, 0) is 123 Å². The maximum absolute atomic E-state index is 13.2. The largest absolute Gasteiger partial charge is 0.459 e. The molecule has 402 valence electrons. The molecule has 9 atom stereocenters. The number of anilines is 1. The van der Waals surface area contributed by atoms with Crippen LogP contribution in [0.2, 0.25) is 0 Å². The molecule has 2 aliphatic heterocycles. The minimum atomic E-state index is -0.873. The first-order valence-corrected chi connectivity index (χ1v) is 25.2. The molecule has 1 aromatic rings. The highest BCUT2D eigenvalue weighted by molar-refractivity contribution is 5.97. The van der Waals surface area contributed by atoms with Crippen LogP contribution in [-0.2, 0) is 59.1 Å². The summed E-state index contributed by atoms with van der Waals surface area (Å²) in [7, 11) is 5.31. The number of methoxy groups -OCH3 is 1. The Morgan fingerprint density at radius 3 is 2.29 bits per heavy atom. The number of hydrogen-bond donors (Lipinski definition) is 8. The van der Waals surface area contributed by atoms with Crippen molar-refractivity contribution >= 4 is 47.3 Å². The molecule has 0 bridgehead atoms. The van der Waals surface area contributed by atoms with Gasteiger partial charge in [0.05, 0.1) is 49.0 Å². The number of benzene rings is 1. The number of carbonyl (C=O) groups is 7. The van der Waals surface area contributed by atoms with Gasteiger partial charge < -0.3 is 55.6 Å². The Kier molecular flexibility index (Phi) is 27.3. The van der Waals surface area contributed by atoms with Crippen molar-refractivity contribution in [3.05, 3.63) is 65.8 Å². The fourth-order valence-electron chi connectivity index (χ4n) is 8.34. The Morgan fingerprint density at radius 1 is 0.875 bits per heavy atom. The van der Waals surface area contributed by atoms with Gasteiger partial charge in [-0.1, -0.05) is 49.3 Å². The van der Waals surface area contributed by atoms with Crippen molar-refractivity contribution in [1.29, 1.82) is 0 Å². The van der Waals surface area contributed by atoms with E-state index in [4.69, 9.17) is 23.7 Å². The Hall–Kier alpha value is -5.67. The molecule has 0 saturated carbocycles. The lowest BCUT2D eigenvalue weighted by Gasteiger charge is -2.40. The average Bonchev–Trinajstić information content (AvgIpc) is 3.33. The van der Waals surface area contributed by atoms with Crippen molar-refractivity contribution in [2.45, 2.75) is 167 Å². The molecule has 2 fully saturated rings. The maximum Gasteiger partial charge on any atom is 0.426 e. The van der Waals surface area contributed by atoms with Gasteiger partial charge in [-0.2, -0.15) is 0 Å². The first kappa shape index (κ1) is 60.6. The highest BCUT2D eigenvalue weighted by Crippen LogP contribution is 2.34. The SMILES string of the molecule is CNCCCCCC(=O)NCC(=O)NC(CCCNC)C(=O)Nc1ccc(COC(=O)NNC(=O)C[C@@H]2CC(C)(OC)CC(/C=C/C(C)=C/CC3OC(C)C(NC(=O)/C=C\C(C)OC(C)=O)CC3C)O2)cc1. The number of rotatable bonds is 28. The van der Waals surface area contributed by atoms with Crippen molar-refractivity contribution in [3.63, 3.8) is 0 Å². The zero-order chi connectivity index (χ0) is 53.1. The van der Waals surface area contributed by atoms with Crippen LogP contribution >= 0.6 is 0 Å². The summed E-state index contributed by atoms with van der Waals surface area (Å²) in [6, 6.07) is 5.64. The van der Waals surface area contributed by atoms with Crippen LogP contribution in [0, 0.1) is 5.92 Å². The lowest BCUT2D eigenvalue weighted by atomic mass is 9.86. The number of hydrogen-bond acceptors (Lipinski definition) is 14. The lowest BCUT2D eigenvalue weighted by Crippen LogP contribution is -2.50. The number of esters is 1. The van der Waals surface area contributed by atoms with Crippen molar-refractivity contribution < 1.29 is 57.2 Å². The zero-order valence-corrected chi connectivity index (χ0v) is 43.8. The van der Waals surface area contributed by atoms with Crippen molar-refractivity contribution in [2.75, 3.05) is 46.2 Å². The normalized spacial score (nSPS) is 23.1. The second-order valence-electron chi connectivity index (χ2n) is 19.0. The van der Waals surface area contributed by atoms with Crippen molar-refractivity contribution in [1.82, 2.24) is 37.4 Å². The molecule has 2 aliphatic rings. The third kappa shape index (κ3) is 24.2. The van der Waals surface area contributed by atoms with Crippen LogP contribution < -0.4 is 42.8 Å². The second-order valence-corrected chi connectivity index (χ2v) is 19.0. The van der Waals surface area contributed by atoms with Gasteiger partial charge >= 0.3 is 12.1 Å². The molecule has 2 saturated heterocycles. The van der Waals surface area contributed by atoms with E-state index in [-0.39, 0.29) is 61.7 Å². The first-order valence-electron chi connectivity index (χ1n) is 25.2. The molecule has 1 aromatic carbocycles. The molecule has 6 amide bonds. The summed E-state index contributed by atoms with van der Waals surface area (Å²) in [5, 5.41) is 17.3. The summed E-state index contributed by atoms with van der Waals surface area (Å²) in [6.07, 6.45) is 12.9. The minimum Gasteiger partial charge on any atom is -0.459 e. The van der Waals surface area contributed by atoms with Gasteiger partial charge in [0, 0.05) is 45.1 Å². The van der Waals surface area contributed by atoms with Crippen molar-refractivity contribution in [2.24, 2.45) is 5.92 Å². The Bertz CT molecular complexity index is 2000. The summed E-state index contributed by atoms with van der Waals surface area (Å²) in [6.45, 7) is 12.2. The molecular formula is C52H82N8O12. The van der Waals surface area contributed by atoms with Gasteiger partial charge in [-0.15, -0.1) is 0 Å². The third-order valence-corrected chi connectivity index (χ3v) is 12.5. The molecule has 8 unspecified atom stereocenters. The summed E-state index contributed by atoms with van der Waals surface area (Å²) in [5.41, 5.74) is 6.21. The van der Waals surface area contributed by atoms with Gasteiger partial charge in [0.1, 0.15) is 18.8 Å². The fraction of sp³-hybridized carbons (Fsp3) is 0.635. The smallest absolute Gasteiger partial charge is 0.426 e. The molecule has 0 spiro atoms. The van der Waals surface area contributed by atoms with E-state index in [0.717, 1.165) is 37.8 Å². The summed E-state index contributed by atoms with van der Waals surface area (Å²) in [4.78, 5) is 87.3. The van der Waals surface area contributed by atoms with Gasteiger partial charge in [-0.25, -0.2) is 10.2 Å². The molecule has 0 radical (unpaired) electrons. The first-order chi connectivity index (χ1) is 34.3. The summed E-state index contributed by atoms with van der Waals surface area (Å²) < 4.78 is 28.8. The quantitative estimate of drug-likeness (QED) is 0.0192. The van der Waals surface area contributed by atoms with Gasteiger partial charge in [-0.3, -0.25) is 34.2 Å². The number of ether oxygens (including phenoxy) is 5. The molecule has 2 heterocycles. The van der Waals surface area contributed by atoms with Crippen LogP contribution in [-0.4, -0.2) is 131 Å². The third-order valence-electron chi connectivity index (χ3n) is 12.5. The van der Waals surface area contributed by atoms with Crippen LogP contribution in [0.3, 0.4) is 0 Å². The molecule has 0 aromatic heterocycles. The van der Waals surface area contributed by atoms with E-state index < -0.39 is 53.6 Å². The van der Waals surface area contributed by atoms with Crippen LogP contribution in [0.1, 0.15) is 118 Å². The Balaban J connectivity index is 1.42. The number of allylic oxidation sites excluding steroid dienone is 2. The number of unbranched alkanes of at least 4 members (excludes halogenated alkanes) is 2. The second kappa shape index (κ2) is 32.4. The Labute approximate surface area is 425 Å². The minimum absolute atomic E-state index is 0.0380. The van der Waals surface area contributed by atoms with E-state index in [1.54, 1.807) is 51.4 Å². The lowest BCUT2D eigenvalue weighted by molar-refractivity contribution is -0.147. The molecule has 8 N–H and O–H groups in total. The number of amides is 6. The van der Waals surface area contributed by atoms with E-state index in [1.165, 1.54) is 13.0 Å². The average molecular weight is 1010 g/mol. The molecule has 72 heavy (non-hydrogen) atoms. The predicted octanol–water partition coefficient (Wildman–Crippen LogP) is 4.30. The predicted molar refractivity (Wildman–Crippen MR) is 273 cm³/mol. The maximum atomic E-state index is 13.2. The topological polar surface area (TPSA) is 262 Å². The number of carbonyl (C=O) groups excluding carboxylic acids is 7. The molecule has 20 nitrogen and oxygen atoms in total. The van der Waals surface area contributed by atoms with E-state index in [0.29, 0.717) is 56.3 Å². The Morgan fingerprint density at radius 2 is 1.60 bits per heavy atom. The molecule has 3 rings (SSSR count). The van der Waals surface area contributed by atoms with Gasteiger partial charge in [0.25, 0.3) is 0 Å². The van der Waals surface area contributed by atoms with E-state index in [1.807, 2.05) is 40.0 Å². The molecular weight excluding hydrogens is 929 g/mol. The summed E-state index contributed by atoms with van der Waals surface area (Å²) >= 11 is 0. The van der Waals surface area contributed by atoms with E-state index in [2.05, 4.69) is 55.8 Å². The van der Waals surface area contributed by atoms with Crippen LogP contribution in [0.4, 0.5) is 10.5 Å². The zero-order valence-electron chi connectivity index (χ0n) is 43.8. The highest BCUT2D eigenvalue weighted by atomic mass is 16.6. The molecule has 0 aliphatic carbocycles. The monoisotopic (exact) mass is 1010 g/mol. The summed E-state index contributed by atoms with van der Waals surface area (Å²) in [5.74, 6) is -2.07. The number of nitrogens with one attached hydrogen (secondary N) is 8. The highest BCUT2D eigenvalue weighted by Gasteiger charge is 2.38. The molecule has 20 heteroatoms. The van der Waals surface area contributed by atoms with Crippen LogP contribution in [0.15, 0.2) is 60.2 Å². The van der Waals surface area contributed by atoms with Crippen LogP contribution in [0.5, 0.6) is 0 Å². The van der Waals surface area contributed by atoms with Gasteiger partial charge in [0.2, 0.25) is 29.5 Å². The fourth-order valence-corrected chi connectivity index (χ4v) is 8.34. The number of hydrazine groups is 1. The standard InChI is InChI=1S/C52H82N8O12/c1-34(17-24-45-35(2)28-44(37(4)71-45)58-47(63)25-18-36(3)70-38(5)61)16-23-41-30-52(6,68-9)31-42(72-41)29-48(64)59-60-51(67)69-33-39-19-21-40(22-20-39)56-50(66)43(14-13-27-54-8)57-49(65)32-55-46(62)15-11-10-12-26-53-7/h16-23,25,35-37,41-45,53-54H,10-15,24,26-33H2,1-9H3,(H,55,62)(H,56,66)(H,57,65)(H,58,63)(H,59,64)(H,60,67)/b23-16+,25-18-,34-17+/t35?,36?,37?,41?,42-,43?,44?,45?,52?/m1/s1. The van der Waals surface area contributed by atoms with Gasteiger partial charge in [0.15, 0.2) is 0 Å². The van der Waals surface area contributed by atoms with E-state index in [9.17, 15) is 33.6 Å².